The lowest BCUT2D eigenvalue weighted by atomic mass is 10.2. The molecule has 1 aromatic carbocycles. The summed E-state index contributed by atoms with van der Waals surface area (Å²) >= 11 is 1.54. The minimum absolute atomic E-state index is 0.0710. The summed E-state index contributed by atoms with van der Waals surface area (Å²) in [6, 6.07) is 7.59. The maximum Gasteiger partial charge on any atom is 0.272 e. The van der Waals surface area contributed by atoms with Crippen molar-refractivity contribution in [2.24, 2.45) is 7.05 Å². The fraction of sp³-hybridized carbons (Fsp3) is 0.125. The van der Waals surface area contributed by atoms with Crippen molar-refractivity contribution in [2.45, 2.75) is 6.92 Å². The molecule has 3 rings (SSSR count). The first-order valence-electron chi connectivity index (χ1n) is 7.09. The van der Waals surface area contributed by atoms with Crippen molar-refractivity contribution in [2.75, 3.05) is 5.32 Å². The smallest absolute Gasteiger partial charge is 0.272 e. The number of nitro groups is 1. The molecule has 2 aromatic heterocycles. The highest BCUT2D eigenvalue weighted by Crippen LogP contribution is 2.24. The highest BCUT2D eigenvalue weighted by molar-refractivity contribution is 7.09. The van der Waals surface area contributed by atoms with E-state index in [2.05, 4.69) is 10.3 Å². The van der Waals surface area contributed by atoms with Crippen molar-refractivity contribution < 1.29 is 9.72 Å². The second-order valence-corrected chi connectivity index (χ2v) is 6.30. The van der Waals surface area contributed by atoms with Crippen molar-refractivity contribution >= 4 is 28.6 Å². The summed E-state index contributed by atoms with van der Waals surface area (Å²) in [4.78, 5) is 27.2. The Kier molecular flexibility index (Phi) is 4.13. The number of aryl methyl sites for hydroxylation is 2. The lowest BCUT2D eigenvalue weighted by Crippen LogP contribution is -2.15. The summed E-state index contributed by atoms with van der Waals surface area (Å²) in [6.07, 6.45) is 1.83. The van der Waals surface area contributed by atoms with Crippen LogP contribution < -0.4 is 5.32 Å². The molecule has 1 N–H and O–H groups in total. The van der Waals surface area contributed by atoms with Crippen LogP contribution in [0, 0.1) is 17.0 Å². The van der Waals surface area contributed by atoms with E-state index in [9.17, 15) is 14.9 Å². The van der Waals surface area contributed by atoms with Gasteiger partial charge in [0, 0.05) is 42.0 Å². The van der Waals surface area contributed by atoms with E-state index in [4.69, 9.17) is 0 Å². The van der Waals surface area contributed by atoms with Crippen LogP contribution in [0.5, 0.6) is 0 Å². The van der Waals surface area contributed by atoms with Crippen LogP contribution in [-0.4, -0.2) is 20.4 Å². The number of benzene rings is 1. The molecule has 0 unspecified atom stereocenters. The summed E-state index contributed by atoms with van der Waals surface area (Å²) in [5.74, 6) is -0.337. The number of nitrogens with one attached hydrogen (secondary N) is 1. The van der Waals surface area contributed by atoms with Gasteiger partial charge < -0.3 is 9.88 Å². The molecule has 0 fully saturated rings. The molecule has 0 saturated carbocycles. The van der Waals surface area contributed by atoms with Gasteiger partial charge in [0.05, 0.1) is 15.6 Å². The highest BCUT2D eigenvalue weighted by Gasteiger charge is 2.15. The van der Waals surface area contributed by atoms with E-state index in [1.165, 1.54) is 18.2 Å². The maximum atomic E-state index is 12.4. The SMILES string of the molecule is Cc1nc(-c2cc(C(=O)Nc3cccc([N+](=O)[O-])c3)n(C)c2)cs1. The number of amides is 1. The molecule has 1 amide bonds. The number of nitrogens with zero attached hydrogens (tertiary/aromatic N) is 3. The monoisotopic (exact) mass is 342 g/mol. The third-order valence-electron chi connectivity index (χ3n) is 3.47. The fourth-order valence-corrected chi connectivity index (χ4v) is 2.94. The molecule has 0 spiro atoms. The number of aromatic nitrogens is 2. The lowest BCUT2D eigenvalue weighted by molar-refractivity contribution is -0.384. The average Bonchev–Trinajstić information content (AvgIpc) is 3.13. The molecular weight excluding hydrogens is 328 g/mol. The van der Waals surface area contributed by atoms with Crippen LogP contribution >= 0.6 is 11.3 Å². The van der Waals surface area contributed by atoms with Gasteiger partial charge in [-0.05, 0) is 19.1 Å². The summed E-state index contributed by atoms with van der Waals surface area (Å²) in [5, 5.41) is 16.4. The molecule has 0 bridgehead atoms. The molecule has 2 heterocycles. The predicted molar refractivity (Wildman–Crippen MR) is 92.3 cm³/mol. The minimum Gasteiger partial charge on any atom is -0.346 e. The zero-order valence-corrected chi connectivity index (χ0v) is 13.8. The van der Waals surface area contributed by atoms with Crippen molar-refractivity contribution in [1.29, 1.82) is 0 Å². The van der Waals surface area contributed by atoms with Gasteiger partial charge in [-0.1, -0.05) is 6.07 Å². The third-order valence-corrected chi connectivity index (χ3v) is 4.24. The highest BCUT2D eigenvalue weighted by atomic mass is 32.1. The van der Waals surface area contributed by atoms with Gasteiger partial charge in [0.25, 0.3) is 11.6 Å². The van der Waals surface area contributed by atoms with E-state index in [0.29, 0.717) is 11.4 Å². The predicted octanol–water partition coefficient (Wildman–Crippen LogP) is 3.62. The summed E-state index contributed by atoms with van der Waals surface area (Å²) in [6.45, 7) is 1.92. The molecule has 0 atom stereocenters. The van der Waals surface area contributed by atoms with E-state index < -0.39 is 4.92 Å². The van der Waals surface area contributed by atoms with Crippen molar-refractivity contribution in [1.82, 2.24) is 9.55 Å². The largest absolute Gasteiger partial charge is 0.346 e. The molecule has 8 heteroatoms. The van der Waals surface area contributed by atoms with Gasteiger partial charge in [-0.2, -0.15) is 0 Å². The number of anilines is 1. The maximum absolute atomic E-state index is 12.4. The van der Waals surface area contributed by atoms with Gasteiger partial charge in [0.1, 0.15) is 5.69 Å². The Labute approximate surface area is 141 Å². The van der Waals surface area contributed by atoms with Gasteiger partial charge in [0.15, 0.2) is 0 Å². The average molecular weight is 342 g/mol. The Morgan fingerprint density at radius 1 is 1.38 bits per heavy atom. The Bertz CT molecular complexity index is 929. The van der Waals surface area contributed by atoms with Crippen LogP contribution in [-0.2, 0) is 7.05 Å². The number of nitro benzene ring substituents is 1. The summed E-state index contributed by atoms with van der Waals surface area (Å²) < 4.78 is 1.71. The molecule has 0 aliphatic rings. The van der Waals surface area contributed by atoms with E-state index in [-0.39, 0.29) is 11.6 Å². The van der Waals surface area contributed by atoms with Crippen molar-refractivity contribution in [3.05, 3.63) is 62.7 Å². The molecule has 122 valence electrons. The molecule has 3 aromatic rings. The molecule has 0 aliphatic heterocycles. The van der Waals surface area contributed by atoms with Gasteiger partial charge in [-0.25, -0.2) is 4.98 Å². The first kappa shape index (κ1) is 15.9. The Hall–Kier alpha value is -3.00. The molecule has 7 nitrogen and oxygen atoms in total. The zero-order valence-electron chi connectivity index (χ0n) is 13.0. The van der Waals surface area contributed by atoms with E-state index in [1.54, 1.807) is 35.1 Å². The molecule has 0 saturated heterocycles. The third kappa shape index (κ3) is 3.18. The molecule has 0 radical (unpaired) electrons. The number of carbonyl (C=O) groups excluding carboxylic acids is 1. The zero-order chi connectivity index (χ0) is 17.3. The van der Waals surface area contributed by atoms with Gasteiger partial charge in [-0.15, -0.1) is 11.3 Å². The molecular formula is C16H14N4O3S. The van der Waals surface area contributed by atoms with Crippen LogP contribution in [0.1, 0.15) is 15.5 Å². The van der Waals surface area contributed by atoms with Crippen LogP contribution in [0.15, 0.2) is 41.9 Å². The Balaban J connectivity index is 1.84. The van der Waals surface area contributed by atoms with Crippen LogP contribution in [0.3, 0.4) is 0 Å². The van der Waals surface area contributed by atoms with Crippen molar-refractivity contribution in [3.8, 4) is 11.3 Å². The van der Waals surface area contributed by atoms with E-state index in [0.717, 1.165) is 16.3 Å². The first-order chi connectivity index (χ1) is 11.4. The number of carbonyl (C=O) groups is 1. The van der Waals surface area contributed by atoms with Gasteiger partial charge >= 0.3 is 0 Å². The summed E-state index contributed by atoms with van der Waals surface area (Å²) in [7, 11) is 1.77. The number of thiazole rings is 1. The van der Waals surface area contributed by atoms with E-state index >= 15 is 0 Å². The first-order valence-corrected chi connectivity index (χ1v) is 7.96. The second-order valence-electron chi connectivity index (χ2n) is 5.24. The van der Waals surface area contributed by atoms with Gasteiger partial charge in [-0.3, -0.25) is 14.9 Å². The summed E-state index contributed by atoms with van der Waals surface area (Å²) in [5.41, 5.74) is 2.43. The molecule has 24 heavy (non-hydrogen) atoms. The van der Waals surface area contributed by atoms with Crippen molar-refractivity contribution in [3.63, 3.8) is 0 Å². The minimum atomic E-state index is -0.499. The standard InChI is InChI=1S/C16H14N4O3S/c1-10-17-14(9-24-10)11-6-15(19(2)8-11)16(21)18-12-4-3-5-13(7-12)20(22)23/h3-9H,1-2H3,(H,18,21). The number of non-ortho nitro benzene ring substituents is 1. The Morgan fingerprint density at radius 2 is 2.17 bits per heavy atom. The molecule has 0 aliphatic carbocycles. The topological polar surface area (TPSA) is 90.1 Å². The lowest BCUT2D eigenvalue weighted by Gasteiger charge is -2.05. The number of rotatable bonds is 4. The second kappa shape index (κ2) is 6.25. The number of hydrogen-bond acceptors (Lipinski definition) is 5. The van der Waals surface area contributed by atoms with E-state index in [1.807, 2.05) is 18.5 Å². The Morgan fingerprint density at radius 3 is 2.83 bits per heavy atom. The van der Waals surface area contributed by atoms with Crippen LogP contribution in [0.4, 0.5) is 11.4 Å². The number of hydrogen-bond donors (Lipinski definition) is 1. The fourth-order valence-electron chi connectivity index (χ4n) is 2.32. The van der Waals surface area contributed by atoms with Crippen LogP contribution in [0.2, 0.25) is 0 Å². The normalized spacial score (nSPS) is 10.6. The van der Waals surface area contributed by atoms with Crippen LogP contribution in [0.25, 0.3) is 11.3 Å². The van der Waals surface area contributed by atoms with Gasteiger partial charge in [0.2, 0.25) is 0 Å². The quantitative estimate of drug-likeness (QED) is 0.579.